The summed E-state index contributed by atoms with van der Waals surface area (Å²) in [6.07, 6.45) is -1.42. The molecule has 0 aromatic heterocycles. The summed E-state index contributed by atoms with van der Waals surface area (Å²) >= 11 is 0. The average Bonchev–Trinajstić information content (AvgIpc) is 2.72. The Morgan fingerprint density at radius 2 is 2.24 bits per heavy atom. The quantitative estimate of drug-likeness (QED) is 0.439. The van der Waals surface area contributed by atoms with Crippen molar-refractivity contribution in [1.29, 1.82) is 0 Å². The molecule has 1 aliphatic heterocycles. The molecule has 2 N–H and O–H groups in total. The van der Waals surface area contributed by atoms with E-state index < -0.39 is 30.8 Å². The number of nitro groups is 1. The van der Waals surface area contributed by atoms with E-state index in [0.29, 0.717) is 16.8 Å². The van der Waals surface area contributed by atoms with Crippen LogP contribution in [0.15, 0.2) is 18.2 Å². The average molecular weight is 295 g/mol. The Morgan fingerprint density at radius 3 is 2.86 bits per heavy atom. The topological polar surface area (TPSA) is 102 Å². The number of fused-ring (bicyclic) bond motifs is 1. The minimum absolute atomic E-state index is 0.0465. The van der Waals surface area contributed by atoms with E-state index in [-0.39, 0.29) is 12.5 Å². The number of benzene rings is 1. The molecule has 2 rings (SSSR count). The van der Waals surface area contributed by atoms with Gasteiger partial charge in [0.1, 0.15) is 18.5 Å². The highest BCUT2D eigenvalue weighted by atomic mass is 16.6. The number of nitrogens with zero attached hydrogens (tertiary/aromatic N) is 1. The molecule has 0 fully saturated rings. The fourth-order valence-electron chi connectivity index (χ4n) is 2.17. The van der Waals surface area contributed by atoms with Crippen molar-refractivity contribution in [2.45, 2.75) is 26.1 Å². The Balaban J connectivity index is 2.18. The fourth-order valence-corrected chi connectivity index (χ4v) is 2.17. The third-order valence-electron chi connectivity index (χ3n) is 3.48. The van der Waals surface area contributed by atoms with Crippen LogP contribution in [0.4, 0.5) is 0 Å². The van der Waals surface area contributed by atoms with E-state index in [1.54, 1.807) is 18.2 Å². The first kappa shape index (κ1) is 15.7. The second-order valence-electron chi connectivity index (χ2n) is 5.37. The molecule has 0 saturated heterocycles. The van der Waals surface area contributed by atoms with Gasteiger partial charge in [0.25, 0.3) is 0 Å². The third kappa shape index (κ3) is 3.52. The predicted octanol–water partition coefficient (Wildman–Crippen LogP) is 0.118. The maximum atomic E-state index is 10.6. The Bertz CT molecular complexity index is 523. The number of aliphatic hydroxyl groups is 1. The lowest BCUT2D eigenvalue weighted by Crippen LogP contribution is -2.32. The van der Waals surface area contributed by atoms with Gasteiger partial charge in [-0.2, -0.15) is 0 Å². The highest BCUT2D eigenvalue weighted by Gasteiger charge is 2.40. The molecule has 1 aromatic rings. The van der Waals surface area contributed by atoms with Crippen LogP contribution >= 0.6 is 0 Å². The van der Waals surface area contributed by atoms with E-state index in [1.807, 2.05) is 13.8 Å². The van der Waals surface area contributed by atoms with Gasteiger partial charge in [-0.25, -0.2) is 0 Å². The number of hydrogen-bond acceptors (Lipinski definition) is 6. The standard InChI is InChI=1S/C13H18BNO6/c1-8(2)10(16)7-20-11-5-3-4-9-12(6-15(18)19)21-14(17)13(9)11/h3-5,8,10,12,16-17H,6-7H2,1-2H3. The normalized spacial score (nSPS) is 18.7. The van der Waals surface area contributed by atoms with Gasteiger partial charge in [0.2, 0.25) is 6.54 Å². The van der Waals surface area contributed by atoms with Crippen molar-refractivity contribution < 1.29 is 24.4 Å². The van der Waals surface area contributed by atoms with Crippen molar-refractivity contribution in [2.75, 3.05) is 13.2 Å². The molecule has 1 heterocycles. The molecule has 8 heteroatoms. The van der Waals surface area contributed by atoms with Crippen molar-refractivity contribution >= 4 is 12.6 Å². The summed E-state index contributed by atoms with van der Waals surface area (Å²) in [5.74, 6) is 0.427. The van der Waals surface area contributed by atoms with E-state index in [2.05, 4.69) is 0 Å². The van der Waals surface area contributed by atoms with Crippen molar-refractivity contribution in [2.24, 2.45) is 5.92 Å². The smallest absolute Gasteiger partial charge is 0.491 e. The molecule has 0 spiro atoms. The zero-order valence-corrected chi connectivity index (χ0v) is 11.9. The van der Waals surface area contributed by atoms with Crippen LogP contribution < -0.4 is 10.2 Å². The van der Waals surface area contributed by atoms with Crippen LogP contribution in [0.5, 0.6) is 5.75 Å². The van der Waals surface area contributed by atoms with Gasteiger partial charge in [0, 0.05) is 10.4 Å². The van der Waals surface area contributed by atoms with E-state index in [1.165, 1.54) is 0 Å². The molecule has 0 saturated carbocycles. The Hall–Kier alpha value is -1.64. The maximum Gasteiger partial charge on any atom is 0.496 e. The van der Waals surface area contributed by atoms with Gasteiger partial charge in [0.05, 0.1) is 6.10 Å². The van der Waals surface area contributed by atoms with Gasteiger partial charge >= 0.3 is 7.12 Å². The summed E-state index contributed by atoms with van der Waals surface area (Å²) in [6, 6.07) is 5.00. The predicted molar refractivity (Wildman–Crippen MR) is 76.1 cm³/mol. The largest absolute Gasteiger partial charge is 0.496 e. The lowest BCUT2D eigenvalue weighted by molar-refractivity contribution is -0.490. The van der Waals surface area contributed by atoms with Crippen molar-refractivity contribution in [3.63, 3.8) is 0 Å². The fraction of sp³-hybridized carbons (Fsp3) is 0.538. The summed E-state index contributed by atoms with van der Waals surface area (Å²) in [5.41, 5.74) is 0.955. The third-order valence-corrected chi connectivity index (χ3v) is 3.48. The maximum absolute atomic E-state index is 10.6. The lowest BCUT2D eigenvalue weighted by atomic mass is 9.78. The van der Waals surface area contributed by atoms with Gasteiger partial charge in [-0.15, -0.1) is 0 Å². The van der Waals surface area contributed by atoms with Crippen molar-refractivity contribution in [3.8, 4) is 5.75 Å². The summed E-state index contributed by atoms with van der Waals surface area (Å²) in [6.45, 7) is 3.41. The molecule has 1 aromatic carbocycles. The zero-order valence-electron chi connectivity index (χ0n) is 11.9. The molecule has 21 heavy (non-hydrogen) atoms. The zero-order chi connectivity index (χ0) is 15.6. The highest BCUT2D eigenvalue weighted by molar-refractivity contribution is 6.62. The first-order valence-electron chi connectivity index (χ1n) is 6.79. The molecule has 7 nitrogen and oxygen atoms in total. The molecule has 2 atom stereocenters. The minimum atomic E-state index is -1.25. The van der Waals surface area contributed by atoms with E-state index in [0.717, 1.165) is 0 Å². The van der Waals surface area contributed by atoms with Crippen LogP contribution in [0.2, 0.25) is 0 Å². The van der Waals surface area contributed by atoms with Gasteiger partial charge in [0.15, 0.2) is 0 Å². The summed E-state index contributed by atoms with van der Waals surface area (Å²) in [5, 5.41) is 30.3. The van der Waals surface area contributed by atoms with Crippen LogP contribution in [0.3, 0.4) is 0 Å². The van der Waals surface area contributed by atoms with Crippen LogP contribution in [0.25, 0.3) is 0 Å². The first-order valence-corrected chi connectivity index (χ1v) is 6.79. The van der Waals surface area contributed by atoms with Gasteiger partial charge < -0.3 is 19.5 Å². The van der Waals surface area contributed by atoms with Crippen LogP contribution in [0.1, 0.15) is 25.5 Å². The first-order chi connectivity index (χ1) is 9.90. The Kier molecular flexibility index (Phi) is 4.82. The molecule has 1 aliphatic rings. The Morgan fingerprint density at radius 1 is 1.52 bits per heavy atom. The minimum Gasteiger partial charge on any atom is -0.491 e. The van der Waals surface area contributed by atoms with E-state index in [4.69, 9.17) is 9.39 Å². The number of ether oxygens (including phenoxy) is 1. The molecule has 114 valence electrons. The molecular formula is C13H18BNO6. The van der Waals surface area contributed by atoms with Gasteiger partial charge in [-0.3, -0.25) is 10.1 Å². The second-order valence-corrected chi connectivity index (χ2v) is 5.37. The van der Waals surface area contributed by atoms with Crippen LogP contribution in [-0.4, -0.2) is 41.4 Å². The summed E-state index contributed by atoms with van der Waals surface area (Å²) in [4.78, 5) is 10.1. The molecule has 0 bridgehead atoms. The number of hydrogen-bond donors (Lipinski definition) is 2. The van der Waals surface area contributed by atoms with Crippen molar-refractivity contribution in [1.82, 2.24) is 0 Å². The molecule has 0 radical (unpaired) electrons. The monoisotopic (exact) mass is 295 g/mol. The second kappa shape index (κ2) is 6.42. The van der Waals surface area contributed by atoms with Gasteiger partial charge in [-0.05, 0) is 17.5 Å². The lowest BCUT2D eigenvalue weighted by Gasteiger charge is -2.17. The highest BCUT2D eigenvalue weighted by Crippen LogP contribution is 2.28. The van der Waals surface area contributed by atoms with Crippen LogP contribution in [-0.2, 0) is 4.65 Å². The molecule has 0 amide bonds. The number of aliphatic hydroxyl groups excluding tert-OH is 1. The molecule has 0 aliphatic carbocycles. The van der Waals surface area contributed by atoms with E-state index >= 15 is 0 Å². The summed E-state index contributed by atoms with van der Waals surface area (Å²) < 4.78 is 10.7. The summed E-state index contributed by atoms with van der Waals surface area (Å²) in [7, 11) is -1.25. The van der Waals surface area contributed by atoms with Gasteiger partial charge in [-0.1, -0.05) is 26.0 Å². The molecule has 2 unspecified atom stereocenters. The van der Waals surface area contributed by atoms with Crippen LogP contribution in [0, 0.1) is 16.0 Å². The van der Waals surface area contributed by atoms with E-state index in [9.17, 15) is 20.2 Å². The Labute approximate surface area is 122 Å². The molecular weight excluding hydrogens is 277 g/mol. The van der Waals surface area contributed by atoms with Crippen molar-refractivity contribution in [3.05, 3.63) is 33.9 Å². The SMILES string of the molecule is CC(C)C(O)COc1cccc2c1B(O)OC2C[N+](=O)[O-]. The number of rotatable bonds is 6.